The fourth-order valence-electron chi connectivity index (χ4n) is 4.11. The van der Waals surface area contributed by atoms with Gasteiger partial charge in [-0.05, 0) is 63.3 Å². The first-order valence-corrected chi connectivity index (χ1v) is 11.1. The van der Waals surface area contributed by atoms with Crippen molar-refractivity contribution >= 4 is 11.8 Å². The monoisotopic (exact) mass is 440 g/mol. The number of benzene rings is 2. The van der Waals surface area contributed by atoms with Crippen LogP contribution in [0.5, 0.6) is 0 Å². The van der Waals surface area contributed by atoms with Gasteiger partial charge in [-0.3, -0.25) is 9.59 Å². The SMILES string of the molecule is CN1CCC(N(C)C[C@@H](NC(=O)CNC(=O)Cc2cccc(F)c2)c2ccccc2)CC1. The molecule has 2 aromatic rings. The first-order chi connectivity index (χ1) is 15.4. The summed E-state index contributed by atoms with van der Waals surface area (Å²) < 4.78 is 13.3. The second kappa shape index (κ2) is 11.7. The third-order valence-corrected chi connectivity index (χ3v) is 6.02. The van der Waals surface area contributed by atoms with Gasteiger partial charge in [0, 0.05) is 12.6 Å². The molecule has 1 aliphatic rings. The van der Waals surface area contributed by atoms with Crippen LogP contribution in [0.1, 0.15) is 30.0 Å². The van der Waals surface area contributed by atoms with E-state index in [2.05, 4.69) is 34.5 Å². The summed E-state index contributed by atoms with van der Waals surface area (Å²) in [6.07, 6.45) is 2.25. The van der Waals surface area contributed by atoms with Crippen LogP contribution in [0.3, 0.4) is 0 Å². The van der Waals surface area contributed by atoms with Crippen molar-refractivity contribution in [2.24, 2.45) is 0 Å². The lowest BCUT2D eigenvalue weighted by atomic mass is 10.0. The summed E-state index contributed by atoms with van der Waals surface area (Å²) in [5, 5.41) is 5.71. The Kier molecular flexibility index (Phi) is 8.76. The van der Waals surface area contributed by atoms with Crippen molar-refractivity contribution in [3.63, 3.8) is 0 Å². The Hall–Kier alpha value is -2.77. The second-order valence-electron chi connectivity index (χ2n) is 8.59. The van der Waals surface area contributed by atoms with Gasteiger partial charge in [-0.1, -0.05) is 42.5 Å². The Morgan fingerprint density at radius 1 is 1.09 bits per heavy atom. The number of nitrogens with one attached hydrogen (secondary N) is 2. The predicted molar refractivity (Wildman–Crippen MR) is 124 cm³/mol. The van der Waals surface area contributed by atoms with Gasteiger partial charge in [0.2, 0.25) is 11.8 Å². The molecule has 7 heteroatoms. The van der Waals surface area contributed by atoms with Crippen LogP contribution in [-0.4, -0.2) is 67.9 Å². The first-order valence-electron chi connectivity index (χ1n) is 11.1. The zero-order valence-electron chi connectivity index (χ0n) is 18.9. The Bertz CT molecular complexity index is 885. The van der Waals surface area contributed by atoms with Gasteiger partial charge in [-0.15, -0.1) is 0 Å². The number of likely N-dealkylation sites (tertiary alicyclic amines) is 1. The topological polar surface area (TPSA) is 64.7 Å². The molecular formula is C25H33FN4O2. The van der Waals surface area contributed by atoms with E-state index in [4.69, 9.17) is 0 Å². The summed E-state index contributed by atoms with van der Waals surface area (Å²) in [5.74, 6) is -0.943. The van der Waals surface area contributed by atoms with Gasteiger partial charge in [-0.25, -0.2) is 4.39 Å². The lowest BCUT2D eigenvalue weighted by Gasteiger charge is -2.37. The number of likely N-dealkylation sites (N-methyl/N-ethyl adjacent to an activating group) is 1. The molecule has 1 aliphatic heterocycles. The molecule has 2 N–H and O–H groups in total. The number of hydrogen-bond acceptors (Lipinski definition) is 4. The number of carbonyl (C=O) groups is 2. The van der Waals surface area contributed by atoms with E-state index in [9.17, 15) is 14.0 Å². The minimum absolute atomic E-state index is 0.0337. The van der Waals surface area contributed by atoms with Crippen LogP contribution >= 0.6 is 0 Å². The highest BCUT2D eigenvalue weighted by atomic mass is 19.1. The predicted octanol–water partition coefficient (Wildman–Crippen LogP) is 2.37. The van der Waals surface area contributed by atoms with Crippen LogP contribution in [0, 0.1) is 5.82 Å². The van der Waals surface area contributed by atoms with Crippen LogP contribution in [0.4, 0.5) is 4.39 Å². The number of halogens is 1. The summed E-state index contributed by atoms with van der Waals surface area (Å²) >= 11 is 0. The molecule has 2 aromatic carbocycles. The molecule has 0 unspecified atom stereocenters. The lowest BCUT2D eigenvalue weighted by molar-refractivity contribution is -0.126. The molecular weight excluding hydrogens is 407 g/mol. The molecule has 0 saturated carbocycles. The molecule has 172 valence electrons. The van der Waals surface area contributed by atoms with E-state index in [1.165, 1.54) is 12.1 Å². The Labute approximate surface area is 189 Å². The molecule has 3 rings (SSSR count). The van der Waals surface area contributed by atoms with E-state index in [-0.39, 0.29) is 36.6 Å². The second-order valence-corrected chi connectivity index (χ2v) is 8.59. The highest BCUT2D eigenvalue weighted by Crippen LogP contribution is 2.19. The van der Waals surface area contributed by atoms with Crippen LogP contribution in [-0.2, 0) is 16.0 Å². The molecule has 1 heterocycles. The molecule has 1 fully saturated rings. The van der Waals surface area contributed by atoms with Crippen LogP contribution < -0.4 is 10.6 Å². The summed E-state index contributed by atoms with van der Waals surface area (Å²) in [7, 11) is 4.25. The van der Waals surface area contributed by atoms with Crippen molar-refractivity contribution < 1.29 is 14.0 Å². The fraction of sp³-hybridized carbons (Fsp3) is 0.440. The normalized spacial score (nSPS) is 16.0. The number of piperidine rings is 1. The third kappa shape index (κ3) is 7.43. The van der Waals surface area contributed by atoms with Gasteiger partial charge in [0.05, 0.1) is 19.0 Å². The summed E-state index contributed by atoms with van der Waals surface area (Å²) in [4.78, 5) is 29.5. The number of hydrogen-bond donors (Lipinski definition) is 2. The molecule has 1 atom stereocenters. The first kappa shape index (κ1) is 23.9. The van der Waals surface area contributed by atoms with E-state index in [0.29, 0.717) is 18.2 Å². The van der Waals surface area contributed by atoms with Gasteiger partial charge in [0.25, 0.3) is 0 Å². The van der Waals surface area contributed by atoms with Gasteiger partial charge >= 0.3 is 0 Å². The van der Waals surface area contributed by atoms with E-state index >= 15 is 0 Å². The van der Waals surface area contributed by atoms with Gasteiger partial charge in [0.15, 0.2) is 0 Å². The zero-order chi connectivity index (χ0) is 22.9. The average molecular weight is 441 g/mol. The molecule has 6 nitrogen and oxygen atoms in total. The summed E-state index contributed by atoms with van der Waals surface area (Å²) in [6, 6.07) is 16.1. The minimum atomic E-state index is -0.382. The van der Waals surface area contributed by atoms with Gasteiger partial charge < -0.3 is 20.4 Å². The van der Waals surface area contributed by atoms with E-state index in [0.717, 1.165) is 31.5 Å². The molecule has 0 radical (unpaired) electrons. The van der Waals surface area contributed by atoms with E-state index in [1.54, 1.807) is 12.1 Å². The van der Waals surface area contributed by atoms with Crippen molar-refractivity contribution in [2.75, 3.05) is 40.3 Å². The highest BCUT2D eigenvalue weighted by molar-refractivity contribution is 5.85. The summed E-state index contributed by atoms with van der Waals surface area (Å²) in [5.41, 5.74) is 1.61. The molecule has 32 heavy (non-hydrogen) atoms. The lowest BCUT2D eigenvalue weighted by Crippen LogP contribution is -2.46. The van der Waals surface area contributed by atoms with Gasteiger partial charge in [-0.2, -0.15) is 0 Å². The number of carbonyl (C=O) groups excluding carboxylic acids is 2. The fourth-order valence-corrected chi connectivity index (χ4v) is 4.11. The van der Waals surface area contributed by atoms with Gasteiger partial charge in [0.1, 0.15) is 5.82 Å². The smallest absolute Gasteiger partial charge is 0.239 e. The van der Waals surface area contributed by atoms with E-state index in [1.807, 2.05) is 30.3 Å². The maximum absolute atomic E-state index is 13.3. The molecule has 1 saturated heterocycles. The highest BCUT2D eigenvalue weighted by Gasteiger charge is 2.24. The third-order valence-electron chi connectivity index (χ3n) is 6.02. The van der Waals surface area contributed by atoms with Crippen molar-refractivity contribution in [2.45, 2.75) is 31.3 Å². The number of nitrogens with zero attached hydrogens (tertiary/aromatic N) is 2. The van der Waals surface area contributed by atoms with Crippen molar-refractivity contribution in [1.29, 1.82) is 0 Å². The Morgan fingerprint density at radius 3 is 2.50 bits per heavy atom. The molecule has 0 aromatic heterocycles. The standard InChI is InChI=1S/C25H33FN4O2/c1-29-13-11-22(12-14-29)30(2)18-23(20-8-4-3-5-9-20)28-25(32)17-27-24(31)16-19-7-6-10-21(26)15-19/h3-10,15,22-23H,11-14,16-18H2,1-2H3,(H,27,31)(H,28,32)/t23-/m1/s1. The average Bonchev–Trinajstić information content (AvgIpc) is 2.78. The van der Waals surface area contributed by atoms with Crippen molar-refractivity contribution in [3.8, 4) is 0 Å². The molecule has 0 bridgehead atoms. The van der Waals surface area contributed by atoms with Crippen LogP contribution in [0.2, 0.25) is 0 Å². The van der Waals surface area contributed by atoms with Crippen molar-refractivity contribution in [3.05, 3.63) is 71.5 Å². The zero-order valence-corrected chi connectivity index (χ0v) is 18.9. The quantitative estimate of drug-likeness (QED) is 0.629. The van der Waals surface area contributed by atoms with Crippen LogP contribution in [0.25, 0.3) is 0 Å². The Balaban J connectivity index is 1.54. The number of amides is 2. The number of rotatable bonds is 9. The van der Waals surface area contributed by atoms with Crippen LogP contribution in [0.15, 0.2) is 54.6 Å². The maximum Gasteiger partial charge on any atom is 0.239 e. The molecule has 0 aliphatic carbocycles. The minimum Gasteiger partial charge on any atom is -0.347 e. The molecule has 2 amide bonds. The van der Waals surface area contributed by atoms with E-state index < -0.39 is 0 Å². The maximum atomic E-state index is 13.3. The molecule has 0 spiro atoms. The summed E-state index contributed by atoms with van der Waals surface area (Å²) in [6.45, 7) is 2.74. The Morgan fingerprint density at radius 2 is 1.81 bits per heavy atom. The largest absolute Gasteiger partial charge is 0.347 e. The van der Waals surface area contributed by atoms with Crippen molar-refractivity contribution in [1.82, 2.24) is 20.4 Å².